The maximum absolute atomic E-state index is 12.9. The highest BCUT2D eigenvalue weighted by Gasteiger charge is 2.28. The standard InChI is InChI=1S/C20H26N4O2/c1-14-4-2-3-5-16(14)18-13-24(10-11-26-18)20(25)17-12-22-19(23-17)15-6-8-21-9-7-15/h2-5,12,15,18,21H,6-11,13H2,1H3,(H,22,23). The molecule has 1 aromatic heterocycles. The van der Waals surface area contributed by atoms with Gasteiger partial charge in [0, 0.05) is 12.5 Å². The number of carbonyl (C=O) groups is 1. The fraction of sp³-hybridized carbons (Fsp3) is 0.500. The molecule has 0 bridgehead atoms. The highest BCUT2D eigenvalue weighted by molar-refractivity contribution is 5.92. The lowest BCUT2D eigenvalue weighted by Gasteiger charge is -2.33. The van der Waals surface area contributed by atoms with Crippen LogP contribution in [0.3, 0.4) is 0 Å². The van der Waals surface area contributed by atoms with Gasteiger partial charge in [0.1, 0.15) is 17.6 Å². The average Bonchev–Trinajstić information content (AvgIpc) is 3.19. The number of imidazole rings is 1. The van der Waals surface area contributed by atoms with Crippen LogP contribution in [0, 0.1) is 6.92 Å². The van der Waals surface area contributed by atoms with Crippen LogP contribution < -0.4 is 5.32 Å². The Morgan fingerprint density at radius 2 is 2.08 bits per heavy atom. The van der Waals surface area contributed by atoms with Gasteiger partial charge in [0.05, 0.1) is 19.3 Å². The minimum absolute atomic E-state index is 0.0135. The Hall–Kier alpha value is -2.18. The number of nitrogens with one attached hydrogen (secondary N) is 2. The summed E-state index contributed by atoms with van der Waals surface area (Å²) in [4.78, 5) is 22.6. The normalized spacial score (nSPS) is 21.7. The van der Waals surface area contributed by atoms with Crippen LogP contribution in [0.25, 0.3) is 0 Å². The van der Waals surface area contributed by atoms with Gasteiger partial charge in [0.2, 0.25) is 0 Å². The predicted molar refractivity (Wildman–Crippen MR) is 99.2 cm³/mol. The van der Waals surface area contributed by atoms with E-state index in [1.807, 2.05) is 17.0 Å². The van der Waals surface area contributed by atoms with Crippen molar-refractivity contribution in [2.24, 2.45) is 0 Å². The number of rotatable bonds is 3. The van der Waals surface area contributed by atoms with E-state index in [9.17, 15) is 4.79 Å². The zero-order valence-corrected chi connectivity index (χ0v) is 15.2. The molecule has 0 spiro atoms. The highest BCUT2D eigenvalue weighted by atomic mass is 16.5. The zero-order valence-electron chi connectivity index (χ0n) is 15.2. The molecule has 1 unspecified atom stereocenters. The van der Waals surface area contributed by atoms with E-state index in [1.165, 1.54) is 5.56 Å². The number of aromatic nitrogens is 2. The van der Waals surface area contributed by atoms with Crippen molar-refractivity contribution in [1.29, 1.82) is 0 Å². The predicted octanol–water partition coefficient (Wildman–Crippen LogP) is 2.40. The number of carbonyl (C=O) groups excluding carboxylic acids is 1. The maximum Gasteiger partial charge on any atom is 0.272 e. The Kier molecular flexibility index (Phi) is 5.04. The number of amides is 1. The summed E-state index contributed by atoms with van der Waals surface area (Å²) in [5.41, 5.74) is 2.94. The van der Waals surface area contributed by atoms with Gasteiger partial charge in [-0.1, -0.05) is 24.3 Å². The first-order chi connectivity index (χ1) is 12.7. The molecular weight excluding hydrogens is 328 g/mol. The SMILES string of the molecule is Cc1ccccc1C1CN(C(=O)c2cnc(C3CCNCC3)[nH]2)CCO1. The summed E-state index contributed by atoms with van der Waals surface area (Å²) in [6, 6.07) is 8.21. The topological polar surface area (TPSA) is 70.2 Å². The maximum atomic E-state index is 12.9. The number of aromatic amines is 1. The number of ether oxygens (including phenoxy) is 1. The Morgan fingerprint density at radius 1 is 1.27 bits per heavy atom. The van der Waals surface area contributed by atoms with Crippen LogP contribution in [0.4, 0.5) is 0 Å². The Labute approximate surface area is 154 Å². The van der Waals surface area contributed by atoms with Crippen molar-refractivity contribution in [3.63, 3.8) is 0 Å². The Balaban J connectivity index is 1.46. The smallest absolute Gasteiger partial charge is 0.272 e. The minimum Gasteiger partial charge on any atom is -0.370 e. The molecule has 1 amide bonds. The molecule has 2 aliphatic heterocycles. The van der Waals surface area contributed by atoms with Crippen molar-refractivity contribution < 1.29 is 9.53 Å². The molecule has 6 heteroatoms. The second-order valence-corrected chi connectivity index (χ2v) is 7.17. The summed E-state index contributed by atoms with van der Waals surface area (Å²) in [5, 5.41) is 3.36. The lowest BCUT2D eigenvalue weighted by Crippen LogP contribution is -2.42. The summed E-state index contributed by atoms with van der Waals surface area (Å²) < 4.78 is 5.93. The van der Waals surface area contributed by atoms with Gasteiger partial charge in [-0.25, -0.2) is 4.98 Å². The number of hydrogen-bond acceptors (Lipinski definition) is 4. The molecule has 0 radical (unpaired) electrons. The first-order valence-corrected chi connectivity index (χ1v) is 9.44. The lowest BCUT2D eigenvalue weighted by atomic mass is 9.98. The monoisotopic (exact) mass is 354 g/mol. The number of hydrogen-bond donors (Lipinski definition) is 2. The largest absolute Gasteiger partial charge is 0.370 e. The van der Waals surface area contributed by atoms with Gasteiger partial charge < -0.3 is 19.9 Å². The van der Waals surface area contributed by atoms with E-state index in [0.717, 1.165) is 37.3 Å². The van der Waals surface area contributed by atoms with Gasteiger partial charge >= 0.3 is 0 Å². The quantitative estimate of drug-likeness (QED) is 0.888. The molecule has 138 valence electrons. The van der Waals surface area contributed by atoms with Gasteiger partial charge in [-0.2, -0.15) is 0 Å². The molecule has 0 saturated carbocycles. The van der Waals surface area contributed by atoms with Crippen molar-refractivity contribution in [2.45, 2.75) is 31.8 Å². The molecule has 2 saturated heterocycles. The summed E-state index contributed by atoms with van der Waals surface area (Å²) in [5.74, 6) is 1.38. The number of benzene rings is 1. The molecule has 0 aliphatic carbocycles. The summed E-state index contributed by atoms with van der Waals surface area (Å²) >= 11 is 0. The molecular formula is C20H26N4O2. The van der Waals surface area contributed by atoms with Crippen LogP contribution in [0.5, 0.6) is 0 Å². The molecule has 3 heterocycles. The number of aryl methyl sites for hydroxylation is 1. The third kappa shape index (κ3) is 3.52. The number of piperidine rings is 1. The second-order valence-electron chi connectivity index (χ2n) is 7.17. The molecule has 26 heavy (non-hydrogen) atoms. The number of H-pyrrole nitrogens is 1. The van der Waals surface area contributed by atoms with Gasteiger partial charge in [-0.05, 0) is 44.0 Å². The van der Waals surface area contributed by atoms with Crippen molar-refractivity contribution in [1.82, 2.24) is 20.2 Å². The third-order valence-corrected chi connectivity index (χ3v) is 5.44. The molecule has 4 rings (SSSR count). The molecule has 1 aromatic carbocycles. The minimum atomic E-state index is -0.0688. The van der Waals surface area contributed by atoms with Crippen molar-refractivity contribution in [3.8, 4) is 0 Å². The summed E-state index contributed by atoms with van der Waals surface area (Å²) in [6.07, 6.45) is 3.75. The second kappa shape index (κ2) is 7.60. The molecule has 6 nitrogen and oxygen atoms in total. The van der Waals surface area contributed by atoms with Crippen molar-refractivity contribution >= 4 is 5.91 Å². The van der Waals surface area contributed by atoms with Crippen LogP contribution in [-0.4, -0.2) is 53.6 Å². The average molecular weight is 354 g/mol. The van der Waals surface area contributed by atoms with E-state index < -0.39 is 0 Å². The summed E-state index contributed by atoms with van der Waals surface area (Å²) in [7, 11) is 0. The van der Waals surface area contributed by atoms with Crippen LogP contribution in [0.2, 0.25) is 0 Å². The fourth-order valence-electron chi connectivity index (χ4n) is 3.89. The number of nitrogens with zero attached hydrogens (tertiary/aromatic N) is 2. The van der Waals surface area contributed by atoms with Crippen LogP contribution in [-0.2, 0) is 4.74 Å². The molecule has 2 N–H and O–H groups in total. The van der Waals surface area contributed by atoms with Crippen LogP contribution >= 0.6 is 0 Å². The molecule has 1 atom stereocenters. The molecule has 2 aliphatic rings. The Bertz CT molecular complexity index is 767. The van der Waals surface area contributed by atoms with E-state index >= 15 is 0 Å². The fourth-order valence-corrected chi connectivity index (χ4v) is 3.89. The highest BCUT2D eigenvalue weighted by Crippen LogP contribution is 2.26. The van der Waals surface area contributed by atoms with Crippen LogP contribution in [0.1, 0.15) is 52.3 Å². The first-order valence-electron chi connectivity index (χ1n) is 9.44. The van der Waals surface area contributed by atoms with Gasteiger partial charge in [0.15, 0.2) is 0 Å². The van der Waals surface area contributed by atoms with E-state index in [4.69, 9.17) is 4.74 Å². The van der Waals surface area contributed by atoms with Crippen molar-refractivity contribution in [2.75, 3.05) is 32.8 Å². The van der Waals surface area contributed by atoms with E-state index in [2.05, 4.69) is 34.3 Å². The van der Waals surface area contributed by atoms with Crippen molar-refractivity contribution in [3.05, 3.63) is 53.1 Å². The molecule has 2 fully saturated rings. The zero-order chi connectivity index (χ0) is 17.9. The Morgan fingerprint density at radius 3 is 2.88 bits per heavy atom. The van der Waals surface area contributed by atoms with E-state index in [0.29, 0.717) is 31.3 Å². The van der Waals surface area contributed by atoms with E-state index in [-0.39, 0.29) is 12.0 Å². The van der Waals surface area contributed by atoms with Crippen LogP contribution in [0.15, 0.2) is 30.5 Å². The van der Waals surface area contributed by atoms with E-state index in [1.54, 1.807) is 6.20 Å². The lowest BCUT2D eigenvalue weighted by molar-refractivity contribution is -0.0232. The van der Waals surface area contributed by atoms with Gasteiger partial charge in [-0.15, -0.1) is 0 Å². The molecule has 2 aromatic rings. The van der Waals surface area contributed by atoms with Gasteiger partial charge in [0.25, 0.3) is 5.91 Å². The number of morpholine rings is 1. The third-order valence-electron chi connectivity index (χ3n) is 5.44. The summed E-state index contributed by atoms with van der Waals surface area (Å²) in [6.45, 7) is 5.85. The van der Waals surface area contributed by atoms with Gasteiger partial charge in [-0.3, -0.25) is 4.79 Å². The first kappa shape index (κ1) is 17.2.